The lowest BCUT2D eigenvalue weighted by atomic mass is 10.1. The van der Waals surface area contributed by atoms with Crippen molar-refractivity contribution < 1.29 is 19.1 Å². The molecule has 0 spiro atoms. The van der Waals surface area contributed by atoms with Crippen molar-refractivity contribution in [2.75, 3.05) is 13.2 Å². The monoisotopic (exact) mass is 443 g/mol. The predicted molar refractivity (Wildman–Crippen MR) is 124 cm³/mol. The molecule has 2 amide bonds. The second-order valence-electron chi connectivity index (χ2n) is 7.63. The molecule has 0 fully saturated rings. The third kappa shape index (κ3) is 9.04. The smallest absolute Gasteiger partial charge is 0.276 e. The lowest BCUT2D eigenvalue weighted by Crippen LogP contribution is -2.49. The van der Waals surface area contributed by atoms with Crippen molar-refractivity contribution in [3.05, 3.63) is 59.2 Å². The maximum atomic E-state index is 12.4. The molecule has 0 saturated heterocycles. The number of carbonyl (C=O) groups excluding carboxylic acids is 2. The van der Waals surface area contributed by atoms with Crippen LogP contribution in [0.2, 0.25) is 0 Å². The van der Waals surface area contributed by atoms with Crippen molar-refractivity contribution in [1.82, 2.24) is 16.2 Å². The number of hydrazine groups is 1. The summed E-state index contributed by atoms with van der Waals surface area (Å²) in [7, 11) is 0. The summed E-state index contributed by atoms with van der Waals surface area (Å²) >= 11 is 5.06. The van der Waals surface area contributed by atoms with Gasteiger partial charge in [0.05, 0.1) is 6.61 Å². The fourth-order valence-corrected chi connectivity index (χ4v) is 2.82. The summed E-state index contributed by atoms with van der Waals surface area (Å²) in [6.45, 7) is 8.54. The number of amides is 2. The summed E-state index contributed by atoms with van der Waals surface area (Å²) in [5.41, 5.74) is 7.38. The first-order chi connectivity index (χ1) is 14.7. The highest BCUT2D eigenvalue weighted by Gasteiger charge is 2.10. The minimum Gasteiger partial charge on any atom is -0.494 e. The molecule has 2 aromatic carbocycles. The van der Waals surface area contributed by atoms with Crippen LogP contribution in [0.5, 0.6) is 11.5 Å². The highest BCUT2D eigenvalue weighted by Crippen LogP contribution is 2.16. The summed E-state index contributed by atoms with van der Waals surface area (Å²) in [5, 5.41) is 2.48. The normalized spacial score (nSPS) is 10.4. The highest BCUT2D eigenvalue weighted by atomic mass is 32.1. The van der Waals surface area contributed by atoms with E-state index in [9.17, 15) is 9.59 Å². The van der Waals surface area contributed by atoms with Gasteiger partial charge in [0.1, 0.15) is 11.5 Å². The zero-order chi connectivity index (χ0) is 22.8. The van der Waals surface area contributed by atoms with Crippen molar-refractivity contribution in [2.45, 2.75) is 34.1 Å². The van der Waals surface area contributed by atoms with Gasteiger partial charge in [0, 0.05) is 5.56 Å². The second-order valence-corrected chi connectivity index (χ2v) is 8.04. The van der Waals surface area contributed by atoms with Gasteiger partial charge in [-0.05, 0) is 79.9 Å². The Kier molecular flexibility index (Phi) is 9.27. The number of hydrogen-bond donors (Lipinski definition) is 3. The summed E-state index contributed by atoms with van der Waals surface area (Å²) < 4.78 is 11.1. The van der Waals surface area contributed by atoms with E-state index in [1.54, 1.807) is 24.3 Å². The number of carbonyl (C=O) groups is 2. The number of hydrogen-bond acceptors (Lipinski definition) is 5. The van der Waals surface area contributed by atoms with E-state index in [1.165, 1.54) is 0 Å². The van der Waals surface area contributed by atoms with Crippen LogP contribution in [0.1, 0.15) is 41.8 Å². The van der Waals surface area contributed by atoms with E-state index < -0.39 is 11.8 Å². The van der Waals surface area contributed by atoms with E-state index in [0.717, 1.165) is 17.5 Å². The molecule has 0 atom stereocenters. The molecule has 0 saturated carbocycles. The standard InChI is InChI=1S/C23H29N3O4S/c1-15(2)8-9-29-19-7-5-6-18(13-19)22(28)24-23(31)26-25-21(27)14-30-20-11-16(3)10-17(4)12-20/h5-7,10-13,15H,8-9,14H2,1-4H3,(H,25,27)(H2,24,26,28,31). The zero-order valence-corrected chi connectivity index (χ0v) is 19.1. The van der Waals surface area contributed by atoms with Crippen LogP contribution in [-0.4, -0.2) is 30.1 Å². The Morgan fingerprint density at radius 2 is 1.68 bits per heavy atom. The molecule has 166 valence electrons. The Balaban J connectivity index is 1.76. The minimum absolute atomic E-state index is 0.0316. The van der Waals surface area contributed by atoms with Gasteiger partial charge in [0.25, 0.3) is 11.8 Å². The molecule has 3 N–H and O–H groups in total. The van der Waals surface area contributed by atoms with E-state index in [0.29, 0.717) is 29.6 Å². The third-order valence-corrected chi connectivity index (χ3v) is 4.37. The Morgan fingerprint density at radius 3 is 2.35 bits per heavy atom. The van der Waals surface area contributed by atoms with Crippen LogP contribution >= 0.6 is 12.2 Å². The average molecular weight is 444 g/mol. The number of benzene rings is 2. The third-order valence-electron chi connectivity index (χ3n) is 4.17. The zero-order valence-electron chi connectivity index (χ0n) is 18.3. The maximum absolute atomic E-state index is 12.4. The largest absolute Gasteiger partial charge is 0.494 e. The van der Waals surface area contributed by atoms with Crippen LogP contribution in [0.3, 0.4) is 0 Å². The van der Waals surface area contributed by atoms with E-state index >= 15 is 0 Å². The summed E-state index contributed by atoms with van der Waals surface area (Å²) in [5.74, 6) is 0.920. The van der Waals surface area contributed by atoms with Gasteiger partial charge < -0.3 is 9.47 Å². The van der Waals surface area contributed by atoms with Gasteiger partial charge >= 0.3 is 0 Å². The Hall–Kier alpha value is -3.13. The first-order valence-electron chi connectivity index (χ1n) is 10.1. The number of ether oxygens (including phenoxy) is 2. The van der Waals surface area contributed by atoms with E-state index in [1.807, 2.05) is 32.0 Å². The van der Waals surface area contributed by atoms with E-state index in [4.69, 9.17) is 21.7 Å². The van der Waals surface area contributed by atoms with E-state index in [2.05, 4.69) is 30.0 Å². The lowest BCUT2D eigenvalue weighted by Gasteiger charge is -2.12. The number of nitrogens with one attached hydrogen (secondary N) is 3. The fraction of sp³-hybridized carbons (Fsp3) is 0.348. The van der Waals surface area contributed by atoms with Crippen LogP contribution in [0.25, 0.3) is 0 Å². The first kappa shape index (κ1) is 24.1. The molecule has 0 bridgehead atoms. The Labute approximate surface area is 188 Å². The lowest BCUT2D eigenvalue weighted by molar-refractivity contribution is -0.123. The number of rotatable bonds is 8. The van der Waals surface area contributed by atoms with Crippen molar-refractivity contribution in [1.29, 1.82) is 0 Å². The number of aryl methyl sites for hydroxylation is 2. The van der Waals surface area contributed by atoms with Gasteiger partial charge in [-0.25, -0.2) is 0 Å². The number of thiocarbonyl (C=S) groups is 1. The van der Waals surface area contributed by atoms with Gasteiger partial charge in [-0.2, -0.15) is 0 Å². The average Bonchev–Trinajstić information content (AvgIpc) is 2.70. The van der Waals surface area contributed by atoms with Crippen LogP contribution in [0.15, 0.2) is 42.5 Å². The molecule has 0 heterocycles. The maximum Gasteiger partial charge on any atom is 0.276 e. The summed E-state index contributed by atoms with van der Waals surface area (Å²) in [4.78, 5) is 24.3. The van der Waals surface area contributed by atoms with Crippen molar-refractivity contribution in [3.8, 4) is 11.5 Å². The van der Waals surface area contributed by atoms with Gasteiger partial charge in [-0.1, -0.05) is 26.0 Å². The molecule has 31 heavy (non-hydrogen) atoms. The van der Waals surface area contributed by atoms with Gasteiger partial charge in [-0.15, -0.1) is 0 Å². The summed E-state index contributed by atoms with van der Waals surface area (Å²) in [6.07, 6.45) is 0.928. The fourth-order valence-electron chi connectivity index (χ4n) is 2.67. The Bertz CT molecular complexity index is 911. The van der Waals surface area contributed by atoms with Crippen LogP contribution < -0.4 is 25.6 Å². The van der Waals surface area contributed by atoms with Crippen molar-refractivity contribution in [3.63, 3.8) is 0 Å². The summed E-state index contributed by atoms with van der Waals surface area (Å²) in [6, 6.07) is 12.5. The van der Waals surface area contributed by atoms with E-state index in [-0.39, 0.29) is 11.7 Å². The van der Waals surface area contributed by atoms with Crippen molar-refractivity contribution in [2.24, 2.45) is 5.92 Å². The molecule has 8 heteroatoms. The van der Waals surface area contributed by atoms with Crippen LogP contribution in [-0.2, 0) is 4.79 Å². The molecule has 0 aliphatic rings. The molecule has 2 aromatic rings. The molecule has 2 rings (SSSR count). The molecule has 0 unspecified atom stereocenters. The van der Waals surface area contributed by atoms with Gasteiger partial charge in [-0.3, -0.25) is 25.8 Å². The molecule has 0 aromatic heterocycles. The highest BCUT2D eigenvalue weighted by molar-refractivity contribution is 7.80. The molecule has 0 aliphatic heterocycles. The second kappa shape index (κ2) is 11.9. The van der Waals surface area contributed by atoms with Gasteiger partial charge in [0.2, 0.25) is 0 Å². The molecule has 0 aliphatic carbocycles. The first-order valence-corrected chi connectivity index (χ1v) is 10.5. The topological polar surface area (TPSA) is 88.7 Å². The van der Waals surface area contributed by atoms with Crippen molar-refractivity contribution >= 4 is 29.1 Å². The van der Waals surface area contributed by atoms with Crippen LogP contribution in [0.4, 0.5) is 0 Å². The van der Waals surface area contributed by atoms with Gasteiger partial charge in [0.15, 0.2) is 11.7 Å². The SMILES string of the molecule is Cc1cc(C)cc(OCC(=O)NNC(=S)NC(=O)c2cccc(OCCC(C)C)c2)c1. The predicted octanol–water partition coefficient (Wildman–Crippen LogP) is 3.44. The molecular formula is C23H29N3O4S. The van der Waals surface area contributed by atoms with Crippen LogP contribution in [0, 0.1) is 19.8 Å². The minimum atomic E-state index is -0.434. The molecule has 0 radical (unpaired) electrons. The molecule has 7 nitrogen and oxygen atoms in total. The molecular weight excluding hydrogens is 414 g/mol. The quantitative estimate of drug-likeness (QED) is 0.428. The Morgan fingerprint density at radius 1 is 0.968 bits per heavy atom.